The third kappa shape index (κ3) is 6.81. The summed E-state index contributed by atoms with van der Waals surface area (Å²) < 4.78 is 1.38. The van der Waals surface area contributed by atoms with E-state index in [1.807, 2.05) is 51.1 Å². The van der Waals surface area contributed by atoms with E-state index in [2.05, 4.69) is 10.3 Å². The van der Waals surface area contributed by atoms with Gasteiger partial charge < -0.3 is 10.4 Å². The molecule has 0 unspecified atom stereocenters. The lowest BCUT2D eigenvalue weighted by molar-refractivity contribution is -0.136. The molecule has 0 aliphatic carbocycles. The quantitative estimate of drug-likeness (QED) is 0.409. The van der Waals surface area contributed by atoms with Crippen molar-refractivity contribution in [3.63, 3.8) is 0 Å². The Balaban J connectivity index is 1.68. The summed E-state index contributed by atoms with van der Waals surface area (Å²) in [7, 11) is 0. The fourth-order valence-electron chi connectivity index (χ4n) is 3.50. The van der Waals surface area contributed by atoms with E-state index in [4.69, 9.17) is 0 Å². The first-order chi connectivity index (χ1) is 16.3. The van der Waals surface area contributed by atoms with Crippen molar-refractivity contribution in [2.24, 2.45) is 5.92 Å². The van der Waals surface area contributed by atoms with Crippen LogP contribution >= 0.6 is 11.8 Å². The molecule has 0 fully saturated rings. The average molecular weight is 480 g/mol. The van der Waals surface area contributed by atoms with Gasteiger partial charge in [-0.25, -0.2) is 4.98 Å². The highest BCUT2D eigenvalue weighted by Crippen LogP contribution is 2.29. The molecule has 0 bridgehead atoms. The molecule has 0 spiro atoms. The van der Waals surface area contributed by atoms with Crippen molar-refractivity contribution in [2.75, 3.05) is 5.32 Å². The SMILES string of the molecule is CCc1nc(-c2ccccc2)cc(=O)n1CC(=O)Nc1ccc(S[C@@H](CC(C)C)C(=O)O)cc1. The summed E-state index contributed by atoms with van der Waals surface area (Å²) in [6.07, 6.45) is 1.08. The molecule has 3 rings (SSSR count). The molecule has 3 aromatic rings. The minimum Gasteiger partial charge on any atom is -0.480 e. The highest BCUT2D eigenvalue weighted by molar-refractivity contribution is 8.00. The Bertz CT molecular complexity index is 1190. The zero-order chi connectivity index (χ0) is 24.7. The van der Waals surface area contributed by atoms with E-state index in [0.717, 1.165) is 10.5 Å². The standard InChI is InChI=1S/C26H29N3O4S/c1-4-23-28-21(18-8-6-5-7-9-18)15-25(31)29(23)16-24(30)27-19-10-12-20(13-11-19)34-22(26(32)33)14-17(2)3/h5-13,15,17,22H,4,14,16H2,1-3H3,(H,27,30)(H,32,33)/t22-/m0/s1. The number of carboxylic acid groups (broad SMARTS) is 1. The van der Waals surface area contributed by atoms with E-state index < -0.39 is 11.2 Å². The summed E-state index contributed by atoms with van der Waals surface area (Å²) in [5, 5.41) is 11.7. The zero-order valence-electron chi connectivity index (χ0n) is 19.5. The van der Waals surface area contributed by atoms with Gasteiger partial charge in [-0.15, -0.1) is 11.8 Å². The fraction of sp³-hybridized carbons (Fsp3) is 0.308. The van der Waals surface area contributed by atoms with E-state index in [9.17, 15) is 19.5 Å². The van der Waals surface area contributed by atoms with Gasteiger partial charge in [0.1, 0.15) is 17.6 Å². The van der Waals surface area contributed by atoms with Crippen molar-refractivity contribution in [3.05, 3.63) is 76.8 Å². The van der Waals surface area contributed by atoms with Crippen LogP contribution in [0.15, 0.2) is 70.4 Å². The second kappa shape index (κ2) is 11.7. The van der Waals surface area contributed by atoms with Crippen molar-refractivity contribution < 1.29 is 14.7 Å². The number of hydrogen-bond donors (Lipinski definition) is 2. The molecule has 1 amide bonds. The largest absolute Gasteiger partial charge is 0.480 e. The van der Waals surface area contributed by atoms with E-state index in [1.54, 1.807) is 24.3 Å². The van der Waals surface area contributed by atoms with Crippen LogP contribution in [0.25, 0.3) is 11.3 Å². The van der Waals surface area contributed by atoms with Crippen LogP contribution in [0, 0.1) is 5.92 Å². The molecule has 8 heteroatoms. The van der Waals surface area contributed by atoms with E-state index >= 15 is 0 Å². The molecule has 0 saturated carbocycles. The molecule has 0 aliphatic rings. The first-order valence-electron chi connectivity index (χ1n) is 11.2. The summed E-state index contributed by atoms with van der Waals surface area (Å²) in [6, 6.07) is 17.9. The van der Waals surface area contributed by atoms with Gasteiger partial charge in [0.25, 0.3) is 5.56 Å². The van der Waals surface area contributed by atoms with Gasteiger partial charge in [0.05, 0.1) is 5.69 Å². The van der Waals surface area contributed by atoms with Crippen molar-refractivity contribution in [1.82, 2.24) is 9.55 Å². The second-order valence-corrected chi connectivity index (χ2v) is 9.62. The summed E-state index contributed by atoms with van der Waals surface area (Å²) in [6.45, 7) is 5.74. The van der Waals surface area contributed by atoms with Crippen LogP contribution in [0.3, 0.4) is 0 Å². The number of carbonyl (C=O) groups is 2. The smallest absolute Gasteiger partial charge is 0.316 e. The Hall–Kier alpha value is -3.39. The lowest BCUT2D eigenvalue weighted by atomic mass is 10.1. The number of aliphatic carboxylic acids is 1. The number of anilines is 1. The molecular formula is C26H29N3O4S. The van der Waals surface area contributed by atoms with Crippen LogP contribution < -0.4 is 10.9 Å². The topological polar surface area (TPSA) is 101 Å². The van der Waals surface area contributed by atoms with Gasteiger partial charge >= 0.3 is 5.97 Å². The van der Waals surface area contributed by atoms with Crippen LogP contribution in [-0.4, -0.2) is 31.8 Å². The summed E-state index contributed by atoms with van der Waals surface area (Å²) >= 11 is 1.30. The summed E-state index contributed by atoms with van der Waals surface area (Å²) in [5.74, 6) is -0.354. The Kier molecular flexibility index (Phi) is 8.65. The number of benzene rings is 2. The molecule has 1 aromatic heterocycles. The number of nitrogens with one attached hydrogen (secondary N) is 1. The predicted molar refractivity (Wildman–Crippen MR) is 135 cm³/mol. The van der Waals surface area contributed by atoms with Crippen LogP contribution in [0.1, 0.15) is 33.0 Å². The molecule has 34 heavy (non-hydrogen) atoms. The first kappa shape index (κ1) is 25.2. The van der Waals surface area contributed by atoms with Gasteiger partial charge in [0.15, 0.2) is 0 Å². The van der Waals surface area contributed by atoms with Crippen molar-refractivity contribution >= 4 is 29.3 Å². The van der Waals surface area contributed by atoms with Crippen LogP contribution in [0.2, 0.25) is 0 Å². The van der Waals surface area contributed by atoms with Gasteiger partial charge in [-0.05, 0) is 36.6 Å². The maximum atomic E-state index is 12.8. The number of nitrogens with zero attached hydrogens (tertiary/aromatic N) is 2. The van der Waals surface area contributed by atoms with E-state index in [-0.39, 0.29) is 23.9 Å². The normalized spacial score (nSPS) is 11.9. The third-order valence-corrected chi connectivity index (χ3v) is 6.38. The monoisotopic (exact) mass is 479 g/mol. The zero-order valence-corrected chi connectivity index (χ0v) is 20.3. The maximum Gasteiger partial charge on any atom is 0.316 e. The molecule has 2 N–H and O–H groups in total. The van der Waals surface area contributed by atoms with Crippen LogP contribution in [0.5, 0.6) is 0 Å². The summed E-state index contributed by atoms with van der Waals surface area (Å²) in [4.78, 5) is 42.3. The minimum atomic E-state index is -0.833. The summed E-state index contributed by atoms with van der Waals surface area (Å²) in [5.41, 5.74) is 1.73. The Morgan fingerprint density at radius 1 is 1.09 bits per heavy atom. The Morgan fingerprint density at radius 2 is 1.76 bits per heavy atom. The number of aromatic nitrogens is 2. The van der Waals surface area contributed by atoms with Crippen LogP contribution in [-0.2, 0) is 22.6 Å². The van der Waals surface area contributed by atoms with Gasteiger partial charge in [0.2, 0.25) is 5.91 Å². The van der Waals surface area contributed by atoms with E-state index in [1.165, 1.54) is 22.4 Å². The number of carboxylic acids is 1. The molecule has 0 saturated heterocycles. The van der Waals surface area contributed by atoms with E-state index in [0.29, 0.717) is 30.0 Å². The van der Waals surface area contributed by atoms with Crippen molar-refractivity contribution in [3.8, 4) is 11.3 Å². The molecular weight excluding hydrogens is 450 g/mol. The minimum absolute atomic E-state index is 0.143. The molecule has 1 heterocycles. The number of aryl methyl sites for hydroxylation is 1. The molecule has 0 aliphatic heterocycles. The van der Waals surface area contributed by atoms with Crippen molar-refractivity contribution in [1.29, 1.82) is 0 Å². The van der Waals surface area contributed by atoms with Gasteiger partial charge in [0, 0.05) is 28.6 Å². The maximum absolute atomic E-state index is 12.8. The van der Waals surface area contributed by atoms with Gasteiger partial charge in [-0.1, -0.05) is 51.1 Å². The number of hydrogen-bond acceptors (Lipinski definition) is 5. The predicted octanol–water partition coefficient (Wildman–Crippen LogP) is 4.70. The molecule has 2 aromatic carbocycles. The van der Waals surface area contributed by atoms with Gasteiger partial charge in [-0.2, -0.15) is 0 Å². The molecule has 178 valence electrons. The molecule has 7 nitrogen and oxygen atoms in total. The first-order valence-corrected chi connectivity index (χ1v) is 12.1. The fourth-order valence-corrected chi connectivity index (χ4v) is 4.71. The number of thioether (sulfide) groups is 1. The number of rotatable bonds is 10. The lowest BCUT2D eigenvalue weighted by Crippen LogP contribution is -2.30. The lowest BCUT2D eigenvalue weighted by Gasteiger charge is -2.15. The van der Waals surface area contributed by atoms with Gasteiger partial charge in [-0.3, -0.25) is 19.0 Å². The highest BCUT2D eigenvalue weighted by atomic mass is 32.2. The third-order valence-electron chi connectivity index (χ3n) is 5.15. The Labute approximate surface area is 203 Å². The Morgan fingerprint density at radius 3 is 2.35 bits per heavy atom. The van der Waals surface area contributed by atoms with Crippen molar-refractivity contribution in [2.45, 2.75) is 50.3 Å². The van der Waals surface area contributed by atoms with Crippen LogP contribution in [0.4, 0.5) is 5.69 Å². The second-order valence-electron chi connectivity index (χ2n) is 8.35. The average Bonchev–Trinajstić information content (AvgIpc) is 2.81. The molecule has 0 radical (unpaired) electrons. The number of carbonyl (C=O) groups excluding carboxylic acids is 1. The highest BCUT2D eigenvalue weighted by Gasteiger charge is 2.20. The molecule has 1 atom stereocenters. The number of amides is 1.